The van der Waals surface area contributed by atoms with Crippen LogP contribution in [-0.4, -0.2) is 39.9 Å². The second-order valence-electron chi connectivity index (χ2n) is 6.23. The third-order valence-corrected chi connectivity index (χ3v) is 5.56. The molecule has 3 heterocycles. The van der Waals surface area contributed by atoms with Crippen LogP contribution in [0.1, 0.15) is 51.1 Å². The standard InChI is InChI=1S/C16H24ClN3OS/c1-2-3-4-5-9-21-16-15(18-22-19-16)13-11-20-8-6-7-12(10-20)14(13)17/h12H,2-11H2,1H3. The van der Waals surface area contributed by atoms with Gasteiger partial charge in [0, 0.05) is 29.6 Å². The molecule has 0 aliphatic carbocycles. The first-order valence-electron chi connectivity index (χ1n) is 8.36. The molecule has 2 unspecified atom stereocenters. The van der Waals surface area contributed by atoms with Crippen molar-refractivity contribution in [1.29, 1.82) is 0 Å². The second-order valence-corrected chi connectivity index (χ2v) is 7.16. The third-order valence-electron chi connectivity index (χ3n) is 4.51. The molecule has 22 heavy (non-hydrogen) atoms. The van der Waals surface area contributed by atoms with Crippen LogP contribution in [0, 0.1) is 5.92 Å². The molecule has 1 aromatic heterocycles. The van der Waals surface area contributed by atoms with Crippen LogP contribution in [0.4, 0.5) is 0 Å². The van der Waals surface area contributed by atoms with E-state index in [0.29, 0.717) is 11.8 Å². The van der Waals surface area contributed by atoms with Gasteiger partial charge in [-0.25, -0.2) is 0 Å². The fourth-order valence-electron chi connectivity index (χ4n) is 3.30. The van der Waals surface area contributed by atoms with E-state index >= 15 is 0 Å². The van der Waals surface area contributed by atoms with Gasteiger partial charge in [0.2, 0.25) is 0 Å². The van der Waals surface area contributed by atoms with Crippen molar-refractivity contribution in [3.63, 3.8) is 0 Å². The van der Waals surface area contributed by atoms with Crippen LogP contribution in [0.3, 0.4) is 0 Å². The molecule has 6 heteroatoms. The predicted octanol–water partition coefficient (Wildman–Crippen LogP) is 4.17. The first-order chi connectivity index (χ1) is 10.8. The van der Waals surface area contributed by atoms with Crippen molar-refractivity contribution >= 4 is 28.9 Å². The number of aromatic nitrogens is 2. The Morgan fingerprint density at radius 1 is 1.32 bits per heavy atom. The first-order valence-corrected chi connectivity index (χ1v) is 9.47. The maximum absolute atomic E-state index is 6.65. The van der Waals surface area contributed by atoms with Gasteiger partial charge in [0.05, 0.1) is 18.3 Å². The molecule has 3 rings (SSSR count). The normalized spacial score (nSPS) is 24.6. The summed E-state index contributed by atoms with van der Waals surface area (Å²) in [6.45, 7) is 6.07. The Morgan fingerprint density at radius 2 is 2.23 bits per heavy atom. The van der Waals surface area contributed by atoms with Gasteiger partial charge in [-0.05, 0) is 25.8 Å². The Morgan fingerprint density at radius 3 is 3.09 bits per heavy atom. The van der Waals surface area contributed by atoms with Crippen molar-refractivity contribution in [3.05, 3.63) is 10.7 Å². The van der Waals surface area contributed by atoms with Crippen LogP contribution < -0.4 is 4.74 Å². The highest BCUT2D eigenvalue weighted by Gasteiger charge is 2.32. The van der Waals surface area contributed by atoms with Crippen LogP contribution in [0.15, 0.2) is 5.03 Å². The van der Waals surface area contributed by atoms with E-state index in [4.69, 9.17) is 16.3 Å². The molecular weight excluding hydrogens is 318 g/mol. The summed E-state index contributed by atoms with van der Waals surface area (Å²) in [7, 11) is 0. The van der Waals surface area contributed by atoms with E-state index in [-0.39, 0.29) is 0 Å². The molecule has 0 aromatic carbocycles. The molecule has 2 bridgehead atoms. The van der Waals surface area contributed by atoms with Gasteiger partial charge in [-0.1, -0.05) is 37.8 Å². The monoisotopic (exact) mass is 341 g/mol. The van der Waals surface area contributed by atoms with Crippen molar-refractivity contribution in [3.8, 4) is 5.88 Å². The lowest BCUT2D eigenvalue weighted by Crippen LogP contribution is -2.40. The Kier molecular flexibility index (Phi) is 5.71. The van der Waals surface area contributed by atoms with Crippen molar-refractivity contribution in [2.45, 2.75) is 45.4 Å². The largest absolute Gasteiger partial charge is 0.475 e. The lowest BCUT2D eigenvalue weighted by atomic mass is 9.90. The molecule has 0 spiro atoms. The van der Waals surface area contributed by atoms with E-state index in [0.717, 1.165) is 49.0 Å². The quantitative estimate of drug-likeness (QED) is 0.697. The zero-order valence-corrected chi connectivity index (χ0v) is 14.8. The molecule has 1 saturated heterocycles. The van der Waals surface area contributed by atoms with E-state index in [9.17, 15) is 0 Å². The maximum Gasteiger partial charge on any atom is 0.253 e. The topological polar surface area (TPSA) is 38.3 Å². The van der Waals surface area contributed by atoms with Crippen LogP contribution in [0.5, 0.6) is 5.88 Å². The number of ether oxygens (including phenoxy) is 1. The Hall–Kier alpha value is -0.650. The number of nitrogens with zero attached hydrogens (tertiary/aromatic N) is 3. The maximum atomic E-state index is 6.65. The van der Waals surface area contributed by atoms with Crippen molar-refractivity contribution in [1.82, 2.24) is 13.6 Å². The molecule has 0 radical (unpaired) electrons. The fourth-order valence-corrected chi connectivity index (χ4v) is 4.15. The second kappa shape index (κ2) is 7.75. The average Bonchev–Trinajstić information content (AvgIpc) is 2.99. The van der Waals surface area contributed by atoms with Crippen LogP contribution in [0.25, 0.3) is 5.57 Å². The van der Waals surface area contributed by atoms with Gasteiger partial charge in [0.15, 0.2) is 0 Å². The number of halogens is 1. The van der Waals surface area contributed by atoms with E-state index < -0.39 is 0 Å². The Bertz CT molecular complexity index is 531. The number of unbranched alkanes of at least 4 members (excludes halogenated alkanes) is 3. The van der Waals surface area contributed by atoms with E-state index in [1.54, 1.807) is 0 Å². The van der Waals surface area contributed by atoms with Crippen molar-refractivity contribution in [2.24, 2.45) is 5.92 Å². The summed E-state index contributed by atoms with van der Waals surface area (Å²) < 4.78 is 14.7. The van der Waals surface area contributed by atoms with Gasteiger partial charge >= 0.3 is 0 Å². The summed E-state index contributed by atoms with van der Waals surface area (Å²) in [6, 6.07) is 0. The molecule has 0 amide bonds. The van der Waals surface area contributed by atoms with Gasteiger partial charge in [-0.2, -0.15) is 4.37 Å². The molecule has 2 aliphatic rings. The Balaban J connectivity index is 1.68. The van der Waals surface area contributed by atoms with Gasteiger partial charge < -0.3 is 4.74 Å². The van der Waals surface area contributed by atoms with E-state index in [1.807, 2.05) is 0 Å². The number of hydrogen-bond acceptors (Lipinski definition) is 5. The average molecular weight is 342 g/mol. The molecule has 1 fully saturated rings. The first kappa shape index (κ1) is 16.2. The number of rotatable bonds is 7. The summed E-state index contributed by atoms with van der Waals surface area (Å²) in [5.41, 5.74) is 2.01. The van der Waals surface area contributed by atoms with Crippen LogP contribution >= 0.6 is 23.3 Å². The summed E-state index contributed by atoms with van der Waals surface area (Å²) in [5, 5.41) is 0.986. The number of fused-ring (bicyclic) bond motifs is 2. The zero-order chi connectivity index (χ0) is 15.4. The SMILES string of the molecule is CCCCCCOc1nsnc1C1=C(Cl)C2CCCN(C1)C2. The lowest BCUT2D eigenvalue weighted by molar-refractivity contribution is 0.204. The summed E-state index contributed by atoms with van der Waals surface area (Å²) in [6.07, 6.45) is 7.21. The molecule has 1 aromatic rings. The third kappa shape index (κ3) is 3.63. The number of hydrogen-bond donors (Lipinski definition) is 0. The smallest absolute Gasteiger partial charge is 0.253 e. The highest BCUT2D eigenvalue weighted by atomic mass is 35.5. The molecule has 2 aliphatic heterocycles. The highest BCUT2D eigenvalue weighted by molar-refractivity contribution is 6.99. The van der Waals surface area contributed by atoms with Gasteiger partial charge in [0.25, 0.3) is 5.88 Å². The van der Waals surface area contributed by atoms with Crippen LogP contribution in [0.2, 0.25) is 0 Å². The van der Waals surface area contributed by atoms with Gasteiger partial charge in [-0.15, -0.1) is 4.37 Å². The summed E-state index contributed by atoms with van der Waals surface area (Å²) >= 11 is 7.87. The molecular formula is C16H24ClN3OS. The molecule has 0 N–H and O–H groups in total. The highest BCUT2D eigenvalue weighted by Crippen LogP contribution is 2.39. The minimum Gasteiger partial charge on any atom is -0.475 e. The van der Waals surface area contributed by atoms with Gasteiger partial charge in [0.1, 0.15) is 5.69 Å². The van der Waals surface area contributed by atoms with Gasteiger partial charge in [-0.3, -0.25) is 4.90 Å². The minimum absolute atomic E-state index is 0.471. The van der Waals surface area contributed by atoms with Crippen molar-refractivity contribution in [2.75, 3.05) is 26.2 Å². The molecule has 122 valence electrons. The molecule has 0 saturated carbocycles. The van der Waals surface area contributed by atoms with E-state index in [1.165, 1.54) is 43.8 Å². The Labute approximate surface area is 141 Å². The minimum atomic E-state index is 0.471. The predicted molar refractivity (Wildman–Crippen MR) is 91.5 cm³/mol. The summed E-state index contributed by atoms with van der Waals surface area (Å²) in [5.74, 6) is 1.15. The summed E-state index contributed by atoms with van der Waals surface area (Å²) in [4.78, 5) is 2.47. The molecule has 4 nitrogen and oxygen atoms in total. The zero-order valence-electron chi connectivity index (χ0n) is 13.2. The van der Waals surface area contributed by atoms with Crippen molar-refractivity contribution < 1.29 is 4.74 Å². The fraction of sp³-hybridized carbons (Fsp3) is 0.750. The lowest BCUT2D eigenvalue weighted by Gasteiger charge is -2.38. The number of piperidine rings is 1. The van der Waals surface area contributed by atoms with E-state index in [2.05, 4.69) is 20.6 Å². The van der Waals surface area contributed by atoms with Crippen LogP contribution in [-0.2, 0) is 0 Å². The molecule has 2 atom stereocenters.